The van der Waals surface area contributed by atoms with Crippen LogP contribution < -0.4 is 4.74 Å². The van der Waals surface area contributed by atoms with E-state index in [2.05, 4.69) is 5.10 Å². The van der Waals surface area contributed by atoms with Crippen LogP contribution in [-0.4, -0.2) is 36.3 Å². The summed E-state index contributed by atoms with van der Waals surface area (Å²) in [5.41, 5.74) is 1.67. The molecule has 1 fully saturated rings. The largest absolute Gasteiger partial charge is 0.497 e. The fourth-order valence-electron chi connectivity index (χ4n) is 4.12. The first kappa shape index (κ1) is 20.2. The van der Waals surface area contributed by atoms with Crippen LogP contribution in [0.2, 0.25) is 0 Å². The molecule has 7 heteroatoms. The number of hydrogen-bond donors (Lipinski definition) is 0. The Morgan fingerprint density at radius 1 is 1.17 bits per heavy atom. The lowest BCUT2D eigenvalue weighted by molar-refractivity contribution is -0.153. The predicted molar refractivity (Wildman–Crippen MR) is 110 cm³/mol. The maximum atomic E-state index is 12.8. The first-order chi connectivity index (χ1) is 14.6. The summed E-state index contributed by atoms with van der Waals surface area (Å²) in [4.78, 5) is 25.0. The Morgan fingerprint density at radius 2 is 1.93 bits per heavy atom. The molecule has 0 saturated heterocycles. The summed E-state index contributed by atoms with van der Waals surface area (Å²) < 4.78 is 16.0. The molecule has 2 aliphatic rings. The number of ether oxygens (including phenoxy) is 2. The average molecular weight is 410 g/mol. The lowest BCUT2D eigenvalue weighted by atomic mass is 10.0. The molecule has 158 valence electrons. The number of furan rings is 1. The molecule has 30 heavy (non-hydrogen) atoms. The molecule has 1 atom stereocenters. The normalized spacial score (nSPS) is 19.0. The third-order valence-electron chi connectivity index (χ3n) is 5.75. The van der Waals surface area contributed by atoms with Crippen molar-refractivity contribution in [3.8, 4) is 5.75 Å². The summed E-state index contributed by atoms with van der Waals surface area (Å²) in [6.07, 6.45) is 6.93. The standard InChI is InChI=1S/C23H26N2O5/c1-28-18-10-8-17(9-11-18)19-14-20(21-7-4-12-29-21)25(24-19)22(26)15-30-23(27)13-16-5-2-3-6-16/h4,7-12,16,20H,2-3,5-6,13-15H2,1H3/t20-/m1/s1. The zero-order valence-electron chi connectivity index (χ0n) is 17.1. The van der Waals surface area contributed by atoms with Crippen molar-refractivity contribution in [2.45, 2.75) is 44.6 Å². The molecule has 4 rings (SSSR count). The molecule has 1 aromatic heterocycles. The van der Waals surface area contributed by atoms with Crippen LogP contribution in [0, 0.1) is 5.92 Å². The van der Waals surface area contributed by atoms with Gasteiger partial charge in [-0.2, -0.15) is 5.10 Å². The van der Waals surface area contributed by atoms with E-state index in [4.69, 9.17) is 13.9 Å². The summed E-state index contributed by atoms with van der Waals surface area (Å²) in [6.45, 7) is -0.317. The van der Waals surface area contributed by atoms with Gasteiger partial charge in [0, 0.05) is 12.8 Å². The van der Waals surface area contributed by atoms with Crippen LogP contribution in [0.1, 0.15) is 55.9 Å². The van der Waals surface area contributed by atoms with Crippen molar-refractivity contribution >= 4 is 17.6 Å². The number of carbonyl (C=O) groups is 2. The van der Waals surface area contributed by atoms with Gasteiger partial charge in [0.2, 0.25) is 0 Å². The molecule has 7 nitrogen and oxygen atoms in total. The van der Waals surface area contributed by atoms with E-state index in [1.165, 1.54) is 17.9 Å². The van der Waals surface area contributed by atoms with Crippen LogP contribution in [0.5, 0.6) is 5.75 Å². The Bertz CT molecular complexity index is 898. The maximum absolute atomic E-state index is 12.8. The number of amides is 1. The molecule has 2 aromatic rings. The number of hydrazone groups is 1. The van der Waals surface area contributed by atoms with Crippen molar-refractivity contribution in [3.63, 3.8) is 0 Å². The molecule has 0 N–H and O–H groups in total. The third-order valence-corrected chi connectivity index (χ3v) is 5.75. The topological polar surface area (TPSA) is 81.3 Å². The fourth-order valence-corrected chi connectivity index (χ4v) is 4.12. The number of esters is 1. The van der Waals surface area contributed by atoms with Crippen LogP contribution in [0.15, 0.2) is 52.2 Å². The van der Waals surface area contributed by atoms with Crippen LogP contribution in [0.3, 0.4) is 0 Å². The van der Waals surface area contributed by atoms with Gasteiger partial charge in [-0.3, -0.25) is 9.59 Å². The van der Waals surface area contributed by atoms with E-state index in [9.17, 15) is 9.59 Å². The molecule has 1 aliphatic carbocycles. The number of methoxy groups -OCH3 is 1. The van der Waals surface area contributed by atoms with Crippen LogP contribution in [0.25, 0.3) is 0 Å². The Labute approximate surface area is 175 Å². The molecule has 0 bridgehead atoms. The second-order valence-electron chi connectivity index (χ2n) is 7.76. The smallest absolute Gasteiger partial charge is 0.306 e. The van der Waals surface area contributed by atoms with Crippen LogP contribution >= 0.6 is 0 Å². The zero-order chi connectivity index (χ0) is 20.9. The van der Waals surface area contributed by atoms with E-state index in [1.54, 1.807) is 19.4 Å². The van der Waals surface area contributed by atoms with E-state index in [-0.39, 0.29) is 24.5 Å². The van der Waals surface area contributed by atoms with Gasteiger partial charge in [0.1, 0.15) is 17.6 Å². The molecule has 1 amide bonds. The summed E-state index contributed by atoms with van der Waals surface area (Å²) in [7, 11) is 1.61. The molecular formula is C23H26N2O5. The monoisotopic (exact) mass is 410 g/mol. The Balaban J connectivity index is 1.44. The molecule has 0 unspecified atom stereocenters. The summed E-state index contributed by atoms with van der Waals surface area (Å²) in [5, 5.41) is 5.92. The molecule has 2 heterocycles. The van der Waals surface area contributed by atoms with Gasteiger partial charge in [0.25, 0.3) is 5.91 Å². The number of rotatable bonds is 7. The van der Waals surface area contributed by atoms with Gasteiger partial charge < -0.3 is 13.9 Å². The molecule has 1 aliphatic heterocycles. The van der Waals surface area contributed by atoms with Crippen molar-refractivity contribution in [2.75, 3.05) is 13.7 Å². The quantitative estimate of drug-likeness (QED) is 0.642. The minimum atomic E-state index is -0.363. The average Bonchev–Trinajstić information content (AvgIpc) is 3.53. The summed E-state index contributed by atoms with van der Waals surface area (Å²) in [6, 6.07) is 10.8. The SMILES string of the molecule is COc1ccc(C2=NN(C(=O)COC(=O)CC3CCCC3)[C@@H](c3ccco3)C2)cc1. The van der Waals surface area contributed by atoms with Crippen molar-refractivity contribution < 1.29 is 23.5 Å². The summed E-state index contributed by atoms with van der Waals surface area (Å²) >= 11 is 0. The van der Waals surface area contributed by atoms with Gasteiger partial charge in [0.15, 0.2) is 6.61 Å². The number of nitrogens with zero attached hydrogens (tertiary/aromatic N) is 2. The molecule has 0 spiro atoms. The molecule has 1 saturated carbocycles. The van der Waals surface area contributed by atoms with E-state index >= 15 is 0 Å². The lowest BCUT2D eigenvalue weighted by Gasteiger charge is -2.19. The van der Waals surface area contributed by atoms with E-state index in [1.807, 2.05) is 30.3 Å². The maximum Gasteiger partial charge on any atom is 0.306 e. The summed E-state index contributed by atoms with van der Waals surface area (Å²) in [5.74, 6) is 1.10. The molecular weight excluding hydrogens is 384 g/mol. The number of benzene rings is 1. The fraction of sp³-hybridized carbons (Fsp3) is 0.435. The van der Waals surface area contributed by atoms with Gasteiger partial charge in [0.05, 0.1) is 19.1 Å². The number of hydrogen-bond acceptors (Lipinski definition) is 6. The zero-order valence-corrected chi connectivity index (χ0v) is 17.1. The second kappa shape index (κ2) is 9.15. The highest BCUT2D eigenvalue weighted by Gasteiger charge is 2.35. The Morgan fingerprint density at radius 3 is 2.60 bits per heavy atom. The Hall–Kier alpha value is -3.09. The number of carbonyl (C=O) groups excluding carboxylic acids is 2. The van der Waals surface area contributed by atoms with Crippen molar-refractivity contribution in [1.82, 2.24) is 5.01 Å². The van der Waals surface area contributed by atoms with Crippen molar-refractivity contribution in [2.24, 2.45) is 11.0 Å². The molecule has 1 aromatic carbocycles. The molecule has 0 radical (unpaired) electrons. The highest BCUT2D eigenvalue weighted by molar-refractivity contribution is 6.03. The van der Waals surface area contributed by atoms with Crippen molar-refractivity contribution in [3.05, 3.63) is 54.0 Å². The van der Waals surface area contributed by atoms with E-state index < -0.39 is 0 Å². The van der Waals surface area contributed by atoms with Crippen LogP contribution in [-0.2, 0) is 14.3 Å². The minimum Gasteiger partial charge on any atom is -0.497 e. The first-order valence-corrected chi connectivity index (χ1v) is 10.4. The predicted octanol–water partition coefficient (Wildman–Crippen LogP) is 4.09. The van der Waals surface area contributed by atoms with E-state index in [0.29, 0.717) is 24.5 Å². The van der Waals surface area contributed by atoms with Gasteiger partial charge in [-0.15, -0.1) is 0 Å². The van der Waals surface area contributed by atoms with Crippen LogP contribution in [0.4, 0.5) is 0 Å². The lowest BCUT2D eigenvalue weighted by Crippen LogP contribution is -2.31. The minimum absolute atomic E-state index is 0.316. The van der Waals surface area contributed by atoms with E-state index in [0.717, 1.165) is 29.9 Å². The van der Waals surface area contributed by atoms with Gasteiger partial charge in [-0.25, -0.2) is 5.01 Å². The highest BCUT2D eigenvalue weighted by Crippen LogP contribution is 2.33. The first-order valence-electron chi connectivity index (χ1n) is 10.4. The van der Waals surface area contributed by atoms with Gasteiger partial charge in [-0.05, 0) is 60.7 Å². The highest BCUT2D eigenvalue weighted by atomic mass is 16.5. The van der Waals surface area contributed by atoms with Gasteiger partial charge >= 0.3 is 5.97 Å². The van der Waals surface area contributed by atoms with Crippen molar-refractivity contribution in [1.29, 1.82) is 0 Å². The Kier molecular flexibility index (Phi) is 6.16. The van der Waals surface area contributed by atoms with Gasteiger partial charge in [-0.1, -0.05) is 12.8 Å². The second-order valence-corrected chi connectivity index (χ2v) is 7.76. The third kappa shape index (κ3) is 4.56.